The molecule has 2 aromatic rings. The van der Waals surface area contributed by atoms with Crippen molar-refractivity contribution in [3.63, 3.8) is 0 Å². The van der Waals surface area contributed by atoms with E-state index in [4.69, 9.17) is 4.74 Å². The smallest absolute Gasteiger partial charge is 0.306 e. The van der Waals surface area contributed by atoms with Gasteiger partial charge in [0.1, 0.15) is 11.6 Å². The number of aryl methyl sites for hydroxylation is 2. The quantitative estimate of drug-likeness (QED) is 0.796. The van der Waals surface area contributed by atoms with Gasteiger partial charge in [0.25, 0.3) is 0 Å². The number of halogens is 2. The predicted molar refractivity (Wildman–Crippen MR) is 73.5 cm³/mol. The molecule has 0 fully saturated rings. The van der Waals surface area contributed by atoms with E-state index in [-0.39, 0.29) is 12.4 Å². The van der Waals surface area contributed by atoms with Gasteiger partial charge in [0.2, 0.25) is 0 Å². The van der Waals surface area contributed by atoms with E-state index in [1.807, 2.05) is 0 Å². The zero-order valence-corrected chi connectivity index (χ0v) is 11.9. The number of carbonyl (C=O) groups excluding carboxylic acids is 1. The van der Waals surface area contributed by atoms with Crippen molar-refractivity contribution in [2.75, 3.05) is 6.61 Å². The van der Waals surface area contributed by atoms with E-state index in [1.165, 1.54) is 16.8 Å². The van der Waals surface area contributed by atoms with Gasteiger partial charge in [-0.2, -0.15) is 5.10 Å². The predicted octanol–water partition coefficient (Wildman–Crippen LogP) is 2.86. The van der Waals surface area contributed by atoms with Crippen LogP contribution in [0, 0.1) is 11.6 Å². The van der Waals surface area contributed by atoms with Crippen LogP contribution >= 0.6 is 0 Å². The molecule has 0 aliphatic heterocycles. The fraction of sp³-hybridized carbons (Fsp3) is 0.333. The second-order valence-corrected chi connectivity index (χ2v) is 4.61. The van der Waals surface area contributed by atoms with Gasteiger partial charge in [0, 0.05) is 25.1 Å². The van der Waals surface area contributed by atoms with Crippen molar-refractivity contribution in [1.29, 1.82) is 0 Å². The van der Waals surface area contributed by atoms with Crippen LogP contribution in [0.1, 0.15) is 19.0 Å². The number of hydrogen-bond acceptors (Lipinski definition) is 3. The maximum absolute atomic E-state index is 13.3. The highest BCUT2D eigenvalue weighted by Crippen LogP contribution is 2.22. The van der Waals surface area contributed by atoms with Crippen LogP contribution in [0.3, 0.4) is 0 Å². The maximum atomic E-state index is 13.3. The maximum Gasteiger partial charge on any atom is 0.306 e. The normalized spacial score (nSPS) is 10.7. The Morgan fingerprint density at radius 3 is 2.52 bits per heavy atom. The summed E-state index contributed by atoms with van der Waals surface area (Å²) in [7, 11) is 1.69. The van der Waals surface area contributed by atoms with Crippen molar-refractivity contribution >= 4 is 5.97 Å². The van der Waals surface area contributed by atoms with Gasteiger partial charge in [-0.05, 0) is 25.1 Å². The van der Waals surface area contributed by atoms with Gasteiger partial charge >= 0.3 is 5.97 Å². The van der Waals surface area contributed by atoms with Gasteiger partial charge in [0.15, 0.2) is 0 Å². The van der Waals surface area contributed by atoms with Crippen LogP contribution in [0.15, 0.2) is 24.3 Å². The standard InChI is InChI=1S/C15H16F2N2O2/c1-3-21-15(20)5-4-13-9-14(19(2)18-13)10-6-11(16)8-12(17)7-10/h6-9H,3-5H2,1-2H3. The highest BCUT2D eigenvalue weighted by Gasteiger charge is 2.11. The molecule has 21 heavy (non-hydrogen) atoms. The van der Waals surface area contributed by atoms with Gasteiger partial charge in [-0.3, -0.25) is 9.48 Å². The highest BCUT2D eigenvalue weighted by atomic mass is 19.1. The molecule has 2 rings (SSSR count). The molecule has 0 N–H and O–H groups in total. The fourth-order valence-corrected chi connectivity index (χ4v) is 2.08. The van der Waals surface area contributed by atoms with Crippen molar-refractivity contribution in [1.82, 2.24) is 9.78 Å². The topological polar surface area (TPSA) is 44.1 Å². The Morgan fingerprint density at radius 1 is 1.24 bits per heavy atom. The highest BCUT2D eigenvalue weighted by molar-refractivity contribution is 5.69. The van der Waals surface area contributed by atoms with E-state index < -0.39 is 11.6 Å². The minimum Gasteiger partial charge on any atom is -0.466 e. The lowest BCUT2D eigenvalue weighted by Crippen LogP contribution is -2.05. The molecule has 0 bridgehead atoms. The van der Waals surface area contributed by atoms with Crippen molar-refractivity contribution in [2.45, 2.75) is 19.8 Å². The summed E-state index contributed by atoms with van der Waals surface area (Å²) in [6.45, 7) is 2.09. The van der Waals surface area contributed by atoms with Crippen molar-refractivity contribution < 1.29 is 18.3 Å². The number of ether oxygens (including phenoxy) is 1. The van der Waals surface area contributed by atoms with Gasteiger partial charge in [0.05, 0.1) is 24.4 Å². The summed E-state index contributed by atoms with van der Waals surface area (Å²) in [5.74, 6) is -1.57. The van der Waals surface area contributed by atoms with E-state index >= 15 is 0 Å². The Morgan fingerprint density at radius 2 is 1.90 bits per heavy atom. The summed E-state index contributed by atoms with van der Waals surface area (Å²) in [4.78, 5) is 11.3. The molecule has 0 saturated carbocycles. The molecule has 0 radical (unpaired) electrons. The summed E-state index contributed by atoms with van der Waals surface area (Å²) >= 11 is 0. The van der Waals surface area contributed by atoms with Crippen LogP contribution in [0.25, 0.3) is 11.3 Å². The molecule has 0 spiro atoms. The van der Waals surface area contributed by atoms with Crippen LogP contribution in [-0.2, 0) is 23.0 Å². The molecule has 1 heterocycles. The third-order valence-electron chi connectivity index (χ3n) is 2.98. The minimum absolute atomic E-state index is 0.224. The first-order valence-corrected chi connectivity index (χ1v) is 6.64. The first-order valence-electron chi connectivity index (χ1n) is 6.64. The summed E-state index contributed by atoms with van der Waals surface area (Å²) < 4.78 is 32.9. The number of benzene rings is 1. The lowest BCUT2D eigenvalue weighted by molar-refractivity contribution is -0.143. The molecule has 1 aromatic carbocycles. The first-order chi connectivity index (χ1) is 9.99. The Hall–Kier alpha value is -2.24. The second kappa shape index (κ2) is 6.47. The molecule has 112 valence electrons. The molecule has 1 aromatic heterocycles. The lowest BCUT2D eigenvalue weighted by Gasteiger charge is -2.02. The van der Waals surface area contributed by atoms with Crippen LogP contribution in [-0.4, -0.2) is 22.4 Å². The largest absolute Gasteiger partial charge is 0.466 e. The van der Waals surface area contributed by atoms with E-state index in [0.29, 0.717) is 30.0 Å². The lowest BCUT2D eigenvalue weighted by atomic mass is 10.1. The molecule has 0 aliphatic carbocycles. The second-order valence-electron chi connectivity index (χ2n) is 4.61. The zero-order valence-electron chi connectivity index (χ0n) is 11.9. The molecule has 0 saturated heterocycles. The third-order valence-corrected chi connectivity index (χ3v) is 2.98. The third kappa shape index (κ3) is 3.87. The summed E-state index contributed by atoms with van der Waals surface area (Å²) in [6.07, 6.45) is 0.645. The Kier molecular flexibility index (Phi) is 4.67. The van der Waals surface area contributed by atoms with Gasteiger partial charge in [-0.25, -0.2) is 8.78 Å². The minimum atomic E-state index is -0.640. The summed E-state index contributed by atoms with van der Waals surface area (Å²) in [5, 5.41) is 4.24. The Labute approximate surface area is 121 Å². The van der Waals surface area contributed by atoms with Gasteiger partial charge in [-0.15, -0.1) is 0 Å². The number of aromatic nitrogens is 2. The van der Waals surface area contributed by atoms with E-state index in [1.54, 1.807) is 20.0 Å². The molecule has 0 unspecified atom stereocenters. The Bertz CT molecular complexity index is 633. The van der Waals surface area contributed by atoms with Gasteiger partial charge < -0.3 is 4.74 Å². The molecule has 0 atom stereocenters. The number of nitrogens with zero attached hydrogens (tertiary/aromatic N) is 2. The van der Waals surface area contributed by atoms with Crippen LogP contribution < -0.4 is 0 Å². The van der Waals surface area contributed by atoms with Crippen molar-refractivity contribution in [3.8, 4) is 11.3 Å². The molecule has 0 aliphatic rings. The summed E-state index contributed by atoms with van der Waals surface area (Å²) in [6, 6.07) is 5.03. The summed E-state index contributed by atoms with van der Waals surface area (Å²) in [5.41, 5.74) is 1.67. The average Bonchev–Trinajstić information content (AvgIpc) is 2.77. The molecule has 0 amide bonds. The molecule has 6 heteroatoms. The average molecular weight is 294 g/mol. The zero-order chi connectivity index (χ0) is 15.4. The van der Waals surface area contributed by atoms with Crippen LogP contribution in [0.2, 0.25) is 0 Å². The van der Waals surface area contributed by atoms with E-state index in [0.717, 1.165) is 6.07 Å². The van der Waals surface area contributed by atoms with Crippen LogP contribution in [0.4, 0.5) is 8.78 Å². The fourth-order valence-electron chi connectivity index (χ4n) is 2.08. The van der Waals surface area contributed by atoms with Crippen molar-refractivity contribution in [2.24, 2.45) is 7.05 Å². The molecule has 4 nitrogen and oxygen atoms in total. The number of rotatable bonds is 5. The monoisotopic (exact) mass is 294 g/mol. The number of carbonyl (C=O) groups is 1. The van der Waals surface area contributed by atoms with Crippen LogP contribution in [0.5, 0.6) is 0 Å². The number of esters is 1. The SMILES string of the molecule is CCOC(=O)CCc1cc(-c2cc(F)cc(F)c2)n(C)n1. The number of hydrogen-bond donors (Lipinski definition) is 0. The van der Waals surface area contributed by atoms with E-state index in [2.05, 4.69) is 5.10 Å². The van der Waals surface area contributed by atoms with Crippen molar-refractivity contribution in [3.05, 3.63) is 41.6 Å². The van der Waals surface area contributed by atoms with Gasteiger partial charge in [-0.1, -0.05) is 0 Å². The van der Waals surface area contributed by atoms with E-state index in [9.17, 15) is 13.6 Å². The molecular weight excluding hydrogens is 278 g/mol. The Balaban J connectivity index is 2.17. The first kappa shape index (κ1) is 15.2. The molecular formula is C15H16F2N2O2.